The number of amides is 1. The zero-order valence-electron chi connectivity index (χ0n) is 13.6. The van der Waals surface area contributed by atoms with Crippen LogP contribution in [0.4, 0.5) is 5.69 Å². The zero-order valence-corrected chi connectivity index (χ0v) is 15.2. The van der Waals surface area contributed by atoms with Crippen LogP contribution in [-0.2, 0) is 4.79 Å². The Labute approximate surface area is 147 Å². The second kappa shape index (κ2) is 8.99. The smallest absolute Gasteiger partial charge is 0.227 e. The maximum atomic E-state index is 12.6. The third-order valence-corrected chi connectivity index (χ3v) is 4.73. The molecule has 2 nitrogen and oxygen atoms in total. The number of aryl methyl sites for hydroxylation is 1. The van der Waals surface area contributed by atoms with Gasteiger partial charge in [0.15, 0.2) is 0 Å². The van der Waals surface area contributed by atoms with Crippen LogP contribution in [0.5, 0.6) is 0 Å². The van der Waals surface area contributed by atoms with Crippen molar-refractivity contribution in [3.63, 3.8) is 0 Å². The molecular formula is C19H22ClNOS. The molecule has 0 saturated heterocycles. The van der Waals surface area contributed by atoms with Gasteiger partial charge in [0, 0.05) is 34.3 Å². The third kappa shape index (κ3) is 5.60. The Morgan fingerprint density at radius 3 is 2.57 bits per heavy atom. The Kier molecular flexibility index (Phi) is 7.00. The summed E-state index contributed by atoms with van der Waals surface area (Å²) >= 11 is 7.57. The number of halogens is 1. The Bertz CT molecular complexity index is 642. The van der Waals surface area contributed by atoms with Gasteiger partial charge in [-0.15, -0.1) is 11.8 Å². The van der Waals surface area contributed by atoms with Gasteiger partial charge in [-0.3, -0.25) is 4.79 Å². The fourth-order valence-electron chi connectivity index (χ4n) is 2.34. The summed E-state index contributed by atoms with van der Waals surface area (Å²) in [5.74, 6) is 0.950. The van der Waals surface area contributed by atoms with E-state index < -0.39 is 0 Å². The molecular weight excluding hydrogens is 326 g/mol. The predicted molar refractivity (Wildman–Crippen MR) is 101 cm³/mol. The van der Waals surface area contributed by atoms with Crippen molar-refractivity contribution in [1.82, 2.24) is 0 Å². The van der Waals surface area contributed by atoms with Crippen LogP contribution >= 0.6 is 23.4 Å². The summed E-state index contributed by atoms with van der Waals surface area (Å²) < 4.78 is 0. The molecule has 0 unspecified atom stereocenters. The Balaban J connectivity index is 1.94. The molecule has 0 fully saturated rings. The van der Waals surface area contributed by atoms with Crippen molar-refractivity contribution in [2.75, 3.05) is 17.2 Å². The van der Waals surface area contributed by atoms with Crippen molar-refractivity contribution < 1.29 is 4.79 Å². The van der Waals surface area contributed by atoms with Crippen molar-refractivity contribution in [2.24, 2.45) is 0 Å². The summed E-state index contributed by atoms with van der Waals surface area (Å²) in [4.78, 5) is 15.6. The van der Waals surface area contributed by atoms with Gasteiger partial charge in [-0.2, -0.15) is 0 Å². The first kappa shape index (κ1) is 17.9. The summed E-state index contributed by atoms with van der Waals surface area (Å²) in [6.07, 6.45) is 1.48. The van der Waals surface area contributed by atoms with E-state index in [1.54, 1.807) is 11.8 Å². The molecule has 0 spiro atoms. The summed E-state index contributed by atoms with van der Waals surface area (Å²) in [6, 6.07) is 15.9. The Morgan fingerprint density at radius 1 is 1.17 bits per heavy atom. The number of carbonyl (C=O) groups is 1. The van der Waals surface area contributed by atoms with Crippen molar-refractivity contribution in [1.29, 1.82) is 0 Å². The number of nitrogens with zero attached hydrogens (tertiary/aromatic N) is 1. The molecule has 0 atom stereocenters. The zero-order chi connectivity index (χ0) is 16.7. The van der Waals surface area contributed by atoms with Crippen LogP contribution in [0.15, 0.2) is 53.4 Å². The maximum Gasteiger partial charge on any atom is 0.227 e. The highest BCUT2D eigenvalue weighted by atomic mass is 35.5. The first-order valence-corrected chi connectivity index (χ1v) is 9.22. The SMILES string of the molecule is CCCN(C(=O)CCSc1ccc(Cl)cc1)c1cccc(C)c1. The van der Waals surface area contributed by atoms with Crippen LogP contribution in [0, 0.1) is 6.92 Å². The number of thioether (sulfide) groups is 1. The molecule has 0 aliphatic rings. The molecule has 2 rings (SSSR count). The fraction of sp³-hybridized carbons (Fsp3) is 0.316. The number of hydrogen-bond donors (Lipinski definition) is 0. The first-order chi connectivity index (χ1) is 11.1. The van der Waals surface area contributed by atoms with Gasteiger partial charge in [0.05, 0.1) is 0 Å². The molecule has 23 heavy (non-hydrogen) atoms. The molecule has 0 saturated carbocycles. The highest BCUT2D eigenvalue weighted by Crippen LogP contribution is 2.22. The quantitative estimate of drug-likeness (QED) is 0.610. The number of carbonyl (C=O) groups excluding carboxylic acids is 1. The van der Waals surface area contributed by atoms with Crippen molar-refractivity contribution >= 4 is 35.0 Å². The molecule has 0 aromatic heterocycles. The van der Waals surface area contributed by atoms with E-state index in [4.69, 9.17) is 11.6 Å². The molecule has 0 heterocycles. The van der Waals surface area contributed by atoms with E-state index in [0.29, 0.717) is 6.42 Å². The van der Waals surface area contributed by atoms with E-state index in [0.717, 1.165) is 34.3 Å². The minimum atomic E-state index is 0.180. The van der Waals surface area contributed by atoms with E-state index in [-0.39, 0.29) is 5.91 Å². The number of benzene rings is 2. The van der Waals surface area contributed by atoms with Crippen molar-refractivity contribution in [2.45, 2.75) is 31.6 Å². The van der Waals surface area contributed by atoms with Crippen LogP contribution in [0.2, 0.25) is 5.02 Å². The van der Waals surface area contributed by atoms with Gasteiger partial charge in [-0.25, -0.2) is 0 Å². The van der Waals surface area contributed by atoms with E-state index in [1.807, 2.05) is 41.3 Å². The minimum Gasteiger partial charge on any atom is -0.312 e. The van der Waals surface area contributed by atoms with Crippen molar-refractivity contribution in [3.8, 4) is 0 Å². The summed E-state index contributed by atoms with van der Waals surface area (Å²) in [5, 5.41) is 0.735. The lowest BCUT2D eigenvalue weighted by Gasteiger charge is -2.22. The Morgan fingerprint density at radius 2 is 1.91 bits per heavy atom. The second-order valence-corrected chi connectivity index (χ2v) is 7.04. The fourth-order valence-corrected chi connectivity index (χ4v) is 3.31. The summed E-state index contributed by atoms with van der Waals surface area (Å²) in [5.41, 5.74) is 2.17. The average Bonchev–Trinajstić information content (AvgIpc) is 2.54. The van der Waals surface area contributed by atoms with Gasteiger partial charge in [0.25, 0.3) is 0 Å². The van der Waals surface area contributed by atoms with Crippen LogP contribution in [-0.4, -0.2) is 18.2 Å². The largest absolute Gasteiger partial charge is 0.312 e. The van der Waals surface area contributed by atoms with E-state index in [9.17, 15) is 4.79 Å². The predicted octanol–water partition coefficient (Wildman–Crippen LogP) is 5.57. The highest BCUT2D eigenvalue weighted by molar-refractivity contribution is 7.99. The van der Waals surface area contributed by atoms with E-state index in [2.05, 4.69) is 26.0 Å². The lowest BCUT2D eigenvalue weighted by Crippen LogP contribution is -2.31. The summed E-state index contributed by atoms with van der Waals surface area (Å²) in [6.45, 7) is 4.90. The molecule has 0 aliphatic carbocycles. The lowest BCUT2D eigenvalue weighted by molar-refractivity contribution is -0.118. The molecule has 122 valence electrons. The van der Waals surface area contributed by atoms with Gasteiger partial charge < -0.3 is 4.90 Å². The van der Waals surface area contributed by atoms with E-state index in [1.165, 1.54) is 5.56 Å². The first-order valence-electron chi connectivity index (χ1n) is 7.85. The third-order valence-electron chi connectivity index (χ3n) is 3.46. The summed E-state index contributed by atoms with van der Waals surface area (Å²) in [7, 11) is 0. The highest BCUT2D eigenvalue weighted by Gasteiger charge is 2.14. The maximum absolute atomic E-state index is 12.6. The molecule has 2 aromatic carbocycles. The second-order valence-electron chi connectivity index (χ2n) is 5.44. The van der Waals surface area contributed by atoms with Gasteiger partial charge in [-0.05, 0) is 55.3 Å². The van der Waals surface area contributed by atoms with Crippen LogP contribution < -0.4 is 4.90 Å². The Hall–Kier alpha value is -1.45. The normalized spacial score (nSPS) is 10.6. The van der Waals surface area contributed by atoms with Gasteiger partial charge >= 0.3 is 0 Å². The number of anilines is 1. The monoisotopic (exact) mass is 347 g/mol. The number of hydrogen-bond acceptors (Lipinski definition) is 2. The topological polar surface area (TPSA) is 20.3 Å². The lowest BCUT2D eigenvalue weighted by atomic mass is 10.2. The molecule has 0 N–H and O–H groups in total. The number of rotatable bonds is 7. The van der Waals surface area contributed by atoms with Gasteiger partial charge in [0.1, 0.15) is 0 Å². The molecule has 0 radical (unpaired) electrons. The standard InChI is InChI=1S/C19H22ClNOS/c1-3-12-21(17-6-4-5-15(2)14-17)19(22)11-13-23-18-9-7-16(20)8-10-18/h4-10,14H,3,11-13H2,1-2H3. The molecule has 0 aliphatic heterocycles. The molecule has 4 heteroatoms. The van der Waals surface area contributed by atoms with Crippen molar-refractivity contribution in [3.05, 3.63) is 59.1 Å². The molecule has 2 aromatic rings. The van der Waals surface area contributed by atoms with E-state index >= 15 is 0 Å². The van der Waals surface area contributed by atoms with Crippen LogP contribution in [0.25, 0.3) is 0 Å². The molecule has 1 amide bonds. The van der Waals surface area contributed by atoms with Gasteiger partial charge in [0.2, 0.25) is 5.91 Å². The van der Waals surface area contributed by atoms with Crippen LogP contribution in [0.1, 0.15) is 25.3 Å². The molecule has 0 bridgehead atoms. The van der Waals surface area contributed by atoms with Crippen LogP contribution in [0.3, 0.4) is 0 Å². The minimum absolute atomic E-state index is 0.180. The average molecular weight is 348 g/mol. The van der Waals surface area contributed by atoms with Gasteiger partial charge in [-0.1, -0.05) is 30.7 Å².